The number of alkyl halides is 2. The average Bonchev–Trinajstić information content (AvgIpc) is 2.25. The summed E-state index contributed by atoms with van der Waals surface area (Å²) in [5.74, 6) is -2.94. The maximum Gasteiger partial charge on any atom is 0.342 e. The van der Waals surface area contributed by atoms with Gasteiger partial charge in [-0.05, 0) is 25.5 Å². The van der Waals surface area contributed by atoms with Crippen molar-refractivity contribution < 1.29 is 18.3 Å². The molecular weight excluding hydrogens is 242 g/mol. The number of carbonyl (C=O) groups is 1. The Morgan fingerprint density at radius 1 is 1.56 bits per heavy atom. The second-order valence-electron chi connectivity index (χ2n) is 4.26. The monoisotopic (exact) mass is 256 g/mol. The first kappa shape index (κ1) is 12.7. The fourth-order valence-corrected chi connectivity index (χ4v) is 1.90. The van der Waals surface area contributed by atoms with Crippen LogP contribution in [-0.4, -0.2) is 36.6 Å². The van der Waals surface area contributed by atoms with E-state index in [0.29, 0.717) is 5.56 Å². The van der Waals surface area contributed by atoms with Crippen LogP contribution in [0.25, 0.3) is 0 Å². The quantitative estimate of drug-likeness (QED) is 0.776. The first-order valence-electron chi connectivity index (χ1n) is 5.70. The molecule has 0 saturated carbocycles. The van der Waals surface area contributed by atoms with E-state index < -0.39 is 25.0 Å². The van der Waals surface area contributed by atoms with Gasteiger partial charge in [-0.15, -0.1) is 0 Å². The standard InChI is InChI=1S/C12H14F2N2O2/c1-3-18-11(17)9-8(2)4-5-15-10(9)16-6-12(13,14)7-16/h4-5H,3,6-7H2,1-2H3. The molecule has 1 fully saturated rings. The van der Waals surface area contributed by atoms with Crippen LogP contribution in [0.3, 0.4) is 0 Å². The van der Waals surface area contributed by atoms with Crippen molar-refractivity contribution in [3.8, 4) is 0 Å². The van der Waals surface area contributed by atoms with Crippen LogP contribution < -0.4 is 4.90 Å². The lowest BCUT2D eigenvalue weighted by molar-refractivity contribution is -0.0269. The Bertz CT molecular complexity index is 469. The summed E-state index contributed by atoms with van der Waals surface area (Å²) < 4.78 is 30.7. The van der Waals surface area contributed by atoms with Gasteiger partial charge in [0.05, 0.1) is 19.7 Å². The fourth-order valence-electron chi connectivity index (χ4n) is 1.90. The minimum Gasteiger partial charge on any atom is -0.462 e. The number of carbonyl (C=O) groups excluding carboxylic acids is 1. The van der Waals surface area contributed by atoms with E-state index in [2.05, 4.69) is 4.98 Å². The van der Waals surface area contributed by atoms with Crippen LogP contribution in [0, 0.1) is 6.92 Å². The molecule has 1 aromatic heterocycles. The molecule has 18 heavy (non-hydrogen) atoms. The molecule has 0 atom stereocenters. The minimum absolute atomic E-state index is 0.239. The smallest absolute Gasteiger partial charge is 0.342 e. The van der Waals surface area contributed by atoms with E-state index in [0.717, 1.165) is 0 Å². The van der Waals surface area contributed by atoms with Crippen LogP contribution in [0.5, 0.6) is 0 Å². The van der Waals surface area contributed by atoms with Gasteiger partial charge in [0.25, 0.3) is 5.92 Å². The lowest BCUT2D eigenvalue weighted by Crippen LogP contribution is -2.57. The van der Waals surface area contributed by atoms with Crippen molar-refractivity contribution in [3.05, 3.63) is 23.4 Å². The van der Waals surface area contributed by atoms with Gasteiger partial charge in [0.15, 0.2) is 0 Å². The molecule has 0 unspecified atom stereocenters. The molecule has 1 saturated heterocycles. The molecule has 0 spiro atoms. The predicted molar refractivity (Wildman–Crippen MR) is 62.1 cm³/mol. The topological polar surface area (TPSA) is 42.4 Å². The molecule has 2 heterocycles. The molecule has 98 valence electrons. The van der Waals surface area contributed by atoms with Gasteiger partial charge in [-0.3, -0.25) is 0 Å². The number of esters is 1. The Hall–Kier alpha value is -1.72. The van der Waals surface area contributed by atoms with Crippen LogP contribution >= 0.6 is 0 Å². The van der Waals surface area contributed by atoms with Gasteiger partial charge >= 0.3 is 5.97 Å². The summed E-state index contributed by atoms with van der Waals surface area (Å²) in [5, 5.41) is 0. The normalized spacial score (nSPS) is 17.2. The zero-order chi connectivity index (χ0) is 13.3. The van der Waals surface area contributed by atoms with E-state index in [1.54, 1.807) is 19.9 Å². The first-order valence-corrected chi connectivity index (χ1v) is 5.70. The molecule has 0 N–H and O–H groups in total. The largest absolute Gasteiger partial charge is 0.462 e. The Morgan fingerprint density at radius 3 is 2.78 bits per heavy atom. The number of aromatic nitrogens is 1. The number of rotatable bonds is 3. The number of halogens is 2. The molecule has 0 amide bonds. The van der Waals surface area contributed by atoms with E-state index in [1.807, 2.05) is 0 Å². The first-order chi connectivity index (χ1) is 8.44. The SMILES string of the molecule is CCOC(=O)c1c(C)ccnc1N1CC(F)(F)C1. The van der Waals surface area contributed by atoms with E-state index >= 15 is 0 Å². The third kappa shape index (κ3) is 2.27. The molecule has 0 aliphatic carbocycles. The van der Waals surface area contributed by atoms with Crippen molar-refractivity contribution in [1.82, 2.24) is 4.98 Å². The van der Waals surface area contributed by atoms with Gasteiger partial charge in [-0.2, -0.15) is 0 Å². The number of pyridine rings is 1. The van der Waals surface area contributed by atoms with Crippen molar-refractivity contribution in [3.63, 3.8) is 0 Å². The Labute approximate surface area is 104 Å². The summed E-state index contributed by atoms with van der Waals surface area (Å²) in [4.78, 5) is 17.2. The molecule has 0 bridgehead atoms. The van der Waals surface area contributed by atoms with Crippen molar-refractivity contribution in [2.24, 2.45) is 0 Å². The van der Waals surface area contributed by atoms with E-state index in [9.17, 15) is 13.6 Å². The fraction of sp³-hybridized carbons (Fsp3) is 0.500. The highest BCUT2D eigenvalue weighted by atomic mass is 19.3. The van der Waals surface area contributed by atoms with Crippen molar-refractivity contribution in [1.29, 1.82) is 0 Å². The summed E-state index contributed by atoms with van der Waals surface area (Å²) >= 11 is 0. The lowest BCUT2D eigenvalue weighted by atomic mass is 10.1. The van der Waals surface area contributed by atoms with Crippen molar-refractivity contribution >= 4 is 11.8 Å². The Kier molecular flexibility index (Phi) is 3.19. The summed E-state index contributed by atoms with van der Waals surface area (Å²) in [6, 6.07) is 1.66. The minimum atomic E-state index is -2.70. The van der Waals surface area contributed by atoms with Gasteiger partial charge in [-0.25, -0.2) is 18.6 Å². The lowest BCUT2D eigenvalue weighted by Gasteiger charge is -2.40. The van der Waals surface area contributed by atoms with E-state index in [4.69, 9.17) is 4.74 Å². The van der Waals surface area contributed by atoms with Gasteiger partial charge in [0.1, 0.15) is 11.4 Å². The highest BCUT2D eigenvalue weighted by Gasteiger charge is 2.45. The third-order valence-electron chi connectivity index (χ3n) is 2.76. The van der Waals surface area contributed by atoms with Crippen molar-refractivity contribution in [2.45, 2.75) is 19.8 Å². The third-order valence-corrected chi connectivity index (χ3v) is 2.76. The summed E-state index contributed by atoms with van der Waals surface area (Å²) in [5.41, 5.74) is 0.948. The number of anilines is 1. The molecule has 1 aromatic rings. The molecule has 0 aromatic carbocycles. The van der Waals surface area contributed by atoms with E-state index in [1.165, 1.54) is 11.1 Å². The Balaban J connectivity index is 2.30. The van der Waals surface area contributed by atoms with Crippen LogP contribution in [0.15, 0.2) is 12.3 Å². The van der Waals surface area contributed by atoms with Crippen LogP contribution in [0.1, 0.15) is 22.8 Å². The van der Waals surface area contributed by atoms with Gasteiger partial charge < -0.3 is 9.64 Å². The highest BCUT2D eigenvalue weighted by molar-refractivity contribution is 5.96. The predicted octanol–water partition coefficient (Wildman–Crippen LogP) is 2.02. The molecule has 4 nitrogen and oxygen atoms in total. The highest BCUT2D eigenvalue weighted by Crippen LogP contribution is 2.33. The summed E-state index contributed by atoms with van der Waals surface area (Å²) in [6.07, 6.45) is 1.50. The summed E-state index contributed by atoms with van der Waals surface area (Å²) in [7, 11) is 0. The molecular formula is C12H14F2N2O2. The van der Waals surface area contributed by atoms with Crippen molar-refractivity contribution in [2.75, 3.05) is 24.6 Å². The molecule has 0 radical (unpaired) electrons. The van der Waals surface area contributed by atoms with Gasteiger partial charge in [-0.1, -0.05) is 0 Å². The van der Waals surface area contributed by atoms with Gasteiger partial charge in [0, 0.05) is 6.20 Å². The number of hydrogen-bond acceptors (Lipinski definition) is 4. The molecule has 6 heteroatoms. The number of nitrogens with zero attached hydrogens (tertiary/aromatic N) is 2. The number of hydrogen-bond donors (Lipinski definition) is 0. The van der Waals surface area contributed by atoms with Crippen LogP contribution in [-0.2, 0) is 4.74 Å². The number of ether oxygens (including phenoxy) is 1. The summed E-state index contributed by atoms with van der Waals surface area (Å²) in [6.45, 7) is 2.85. The maximum absolute atomic E-state index is 12.9. The van der Waals surface area contributed by atoms with Crippen LogP contribution in [0.2, 0.25) is 0 Å². The van der Waals surface area contributed by atoms with Gasteiger partial charge in [0.2, 0.25) is 0 Å². The second kappa shape index (κ2) is 4.51. The molecule has 1 aliphatic heterocycles. The average molecular weight is 256 g/mol. The molecule has 1 aliphatic rings. The Morgan fingerprint density at radius 2 is 2.22 bits per heavy atom. The van der Waals surface area contributed by atoms with Crippen LogP contribution in [0.4, 0.5) is 14.6 Å². The maximum atomic E-state index is 12.9. The second-order valence-corrected chi connectivity index (χ2v) is 4.26. The zero-order valence-corrected chi connectivity index (χ0v) is 10.2. The zero-order valence-electron chi connectivity index (χ0n) is 10.2. The number of aryl methyl sites for hydroxylation is 1. The van der Waals surface area contributed by atoms with E-state index in [-0.39, 0.29) is 18.0 Å². The molecule has 2 rings (SSSR count).